The van der Waals surface area contributed by atoms with Crippen LogP contribution in [0.1, 0.15) is 0 Å². The summed E-state index contributed by atoms with van der Waals surface area (Å²) in [7, 11) is 1.23. The number of primary amides is 1. The Hall–Kier alpha value is -1.85. The standard InChI is InChI=1S/C6H6N3O3/c1-9-5(11)3(4(7)10)2-8-6(9)12/h2H,1H3,(H2,7,10). The van der Waals surface area contributed by atoms with Gasteiger partial charge in [-0.3, -0.25) is 14.5 Å². The summed E-state index contributed by atoms with van der Waals surface area (Å²) < 4.78 is 0. The van der Waals surface area contributed by atoms with Crippen molar-refractivity contribution < 1.29 is 14.4 Å². The van der Waals surface area contributed by atoms with Crippen LogP contribution in [0.25, 0.3) is 0 Å². The van der Waals surface area contributed by atoms with E-state index in [0.29, 0.717) is 0 Å². The smallest absolute Gasteiger partial charge is 0.350 e. The highest BCUT2D eigenvalue weighted by Crippen LogP contribution is 2.05. The van der Waals surface area contributed by atoms with Crippen molar-refractivity contribution in [2.75, 3.05) is 7.05 Å². The number of carbonyl (C=O) groups excluding carboxylic acids is 3. The van der Waals surface area contributed by atoms with Crippen molar-refractivity contribution >= 4 is 17.8 Å². The Morgan fingerprint density at radius 2 is 2.17 bits per heavy atom. The zero-order valence-corrected chi connectivity index (χ0v) is 6.27. The molecule has 0 aromatic heterocycles. The minimum absolute atomic E-state index is 0.280. The van der Waals surface area contributed by atoms with Gasteiger partial charge < -0.3 is 5.73 Å². The largest absolute Gasteiger partial charge is 0.365 e. The van der Waals surface area contributed by atoms with E-state index in [1.54, 1.807) is 0 Å². The topological polar surface area (TPSA) is 94.6 Å². The number of nitrogens with zero attached hydrogens (tertiary/aromatic N) is 2. The van der Waals surface area contributed by atoms with Crippen LogP contribution in [0.4, 0.5) is 4.79 Å². The summed E-state index contributed by atoms with van der Waals surface area (Å²) in [5.41, 5.74) is 4.56. The van der Waals surface area contributed by atoms with Crippen LogP contribution in [0.2, 0.25) is 0 Å². The highest BCUT2D eigenvalue weighted by molar-refractivity contribution is 6.22. The minimum atomic E-state index is -0.886. The van der Waals surface area contributed by atoms with Gasteiger partial charge in [-0.2, -0.15) is 0 Å². The lowest BCUT2D eigenvalue weighted by Gasteiger charge is -2.17. The second-order valence-electron chi connectivity index (χ2n) is 2.18. The van der Waals surface area contributed by atoms with Crippen LogP contribution in [0.3, 0.4) is 0 Å². The van der Waals surface area contributed by atoms with Crippen molar-refractivity contribution in [3.63, 3.8) is 0 Å². The molecule has 12 heavy (non-hydrogen) atoms. The summed E-state index contributed by atoms with van der Waals surface area (Å²) in [6, 6.07) is -0.704. The predicted molar refractivity (Wildman–Crippen MR) is 37.6 cm³/mol. The normalized spacial score (nSPS) is 17.1. The molecular weight excluding hydrogens is 162 g/mol. The van der Waals surface area contributed by atoms with Crippen LogP contribution in [-0.4, -0.2) is 29.8 Å². The fourth-order valence-corrected chi connectivity index (χ4v) is 0.698. The highest BCUT2D eigenvalue weighted by atomic mass is 16.2. The number of imide groups is 1. The van der Waals surface area contributed by atoms with E-state index in [2.05, 4.69) is 5.32 Å². The average molecular weight is 168 g/mol. The lowest BCUT2D eigenvalue weighted by Crippen LogP contribution is -2.44. The first-order chi connectivity index (χ1) is 5.54. The van der Waals surface area contributed by atoms with Gasteiger partial charge in [-0.05, 0) is 0 Å². The molecule has 63 valence electrons. The summed E-state index contributed by atoms with van der Waals surface area (Å²) in [4.78, 5) is 33.0. The number of hydrogen-bond donors (Lipinski definition) is 1. The molecule has 0 aromatic rings. The van der Waals surface area contributed by atoms with Crippen LogP contribution in [0.15, 0.2) is 11.8 Å². The summed E-state index contributed by atoms with van der Waals surface area (Å²) in [6.07, 6.45) is 0.882. The number of rotatable bonds is 1. The molecule has 6 nitrogen and oxygen atoms in total. The number of nitrogens with two attached hydrogens (primary N) is 1. The van der Waals surface area contributed by atoms with Gasteiger partial charge >= 0.3 is 6.03 Å². The molecule has 1 heterocycles. The number of amides is 4. The van der Waals surface area contributed by atoms with Crippen LogP contribution in [0, 0.1) is 0 Å². The van der Waals surface area contributed by atoms with Gasteiger partial charge in [0.1, 0.15) is 5.57 Å². The third-order valence-electron chi connectivity index (χ3n) is 1.39. The Balaban J connectivity index is 3.00. The van der Waals surface area contributed by atoms with Gasteiger partial charge in [0.05, 0.1) is 6.20 Å². The molecule has 4 amide bonds. The molecule has 0 saturated carbocycles. The fraction of sp³-hybridized carbons (Fsp3) is 0.167. The molecule has 0 bridgehead atoms. The van der Waals surface area contributed by atoms with Gasteiger partial charge in [0.25, 0.3) is 11.8 Å². The second kappa shape index (κ2) is 2.65. The number of likely N-dealkylation sites (N-methyl/N-ethyl adjacent to an activating group) is 1. The number of urea groups is 1. The van der Waals surface area contributed by atoms with Crippen LogP contribution in [-0.2, 0) is 9.59 Å². The lowest BCUT2D eigenvalue weighted by atomic mass is 10.2. The maximum Gasteiger partial charge on any atom is 0.350 e. The third kappa shape index (κ3) is 1.14. The van der Waals surface area contributed by atoms with Gasteiger partial charge in [0.2, 0.25) is 0 Å². The van der Waals surface area contributed by atoms with Crippen molar-refractivity contribution in [1.82, 2.24) is 10.2 Å². The second-order valence-corrected chi connectivity index (χ2v) is 2.18. The van der Waals surface area contributed by atoms with Crippen molar-refractivity contribution in [1.29, 1.82) is 0 Å². The zero-order valence-electron chi connectivity index (χ0n) is 6.27. The quantitative estimate of drug-likeness (QED) is 0.485. The maximum absolute atomic E-state index is 11.1. The molecule has 0 aromatic carbocycles. The molecular formula is C6H6N3O3. The highest BCUT2D eigenvalue weighted by Gasteiger charge is 2.29. The molecule has 1 rings (SSSR count). The molecule has 1 radical (unpaired) electrons. The molecule has 6 heteroatoms. The summed E-state index contributed by atoms with van der Waals surface area (Å²) in [5, 5.41) is 3.27. The first-order valence-corrected chi connectivity index (χ1v) is 3.07. The molecule has 0 aliphatic carbocycles. The Morgan fingerprint density at radius 3 is 2.67 bits per heavy atom. The first-order valence-electron chi connectivity index (χ1n) is 3.07. The van der Waals surface area contributed by atoms with Crippen molar-refractivity contribution in [2.45, 2.75) is 0 Å². The van der Waals surface area contributed by atoms with Crippen molar-refractivity contribution in [2.24, 2.45) is 5.73 Å². The fourth-order valence-electron chi connectivity index (χ4n) is 0.698. The van der Waals surface area contributed by atoms with Crippen LogP contribution >= 0.6 is 0 Å². The van der Waals surface area contributed by atoms with E-state index in [1.807, 2.05) is 0 Å². The molecule has 0 atom stereocenters. The predicted octanol–water partition coefficient (Wildman–Crippen LogP) is -1.45. The van der Waals surface area contributed by atoms with Crippen LogP contribution in [0.5, 0.6) is 0 Å². The summed E-state index contributed by atoms with van der Waals surface area (Å²) in [6.45, 7) is 0. The molecule has 0 unspecified atom stereocenters. The van der Waals surface area contributed by atoms with Gasteiger partial charge in [-0.25, -0.2) is 10.1 Å². The Labute approximate surface area is 68.0 Å². The van der Waals surface area contributed by atoms with Gasteiger partial charge in [0, 0.05) is 7.05 Å². The van der Waals surface area contributed by atoms with Crippen LogP contribution < -0.4 is 11.1 Å². The van der Waals surface area contributed by atoms with E-state index < -0.39 is 17.8 Å². The van der Waals surface area contributed by atoms with E-state index in [1.165, 1.54) is 7.05 Å². The molecule has 0 saturated heterocycles. The molecule has 1 aliphatic heterocycles. The Bertz CT molecular complexity index is 294. The number of carbonyl (C=O) groups is 3. The average Bonchev–Trinajstić information content (AvgIpc) is 2.00. The van der Waals surface area contributed by atoms with E-state index in [9.17, 15) is 14.4 Å². The Kier molecular flexibility index (Phi) is 1.82. The van der Waals surface area contributed by atoms with Crippen molar-refractivity contribution in [3.05, 3.63) is 11.8 Å². The van der Waals surface area contributed by atoms with E-state index in [-0.39, 0.29) is 5.57 Å². The maximum atomic E-state index is 11.1. The number of hydrogen-bond acceptors (Lipinski definition) is 3. The molecule has 2 N–H and O–H groups in total. The van der Waals surface area contributed by atoms with Gasteiger partial charge in [-0.15, -0.1) is 0 Å². The van der Waals surface area contributed by atoms with E-state index >= 15 is 0 Å². The SMILES string of the molecule is CN1C(=O)[N]C=C(C(N)=O)C1=O. The van der Waals surface area contributed by atoms with E-state index in [0.717, 1.165) is 11.1 Å². The Morgan fingerprint density at radius 1 is 1.58 bits per heavy atom. The minimum Gasteiger partial charge on any atom is -0.365 e. The third-order valence-corrected chi connectivity index (χ3v) is 1.39. The monoisotopic (exact) mass is 168 g/mol. The molecule has 0 spiro atoms. The van der Waals surface area contributed by atoms with Gasteiger partial charge in [0.15, 0.2) is 0 Å². The zero-order chi connectivity index (χ0) is 9.30. The summed E-state index contributed by atoms with van der Waals surface area (Å²) >= 11 is 0. The lowest BCUT2D eigenvalue weighted by molar-refractivity contribution is -0.126. The molecule has 0 fully saturated rings. The van der Waals surface area contributed by atoms with Gasteiger partial charge in [-0.1, -0.05) is 0 Å². The summed E-state index contributed by atoms with van der Waals surface area (Å²) in [5.74, 6) is -1.61. The van der Waals surface area contributed by atoms with E-state index in [4.69, 9.17) is 5.73 Å². The molecule has 1 aliphatic rings. The first kappa shape index (κ1) is 8.25. The van der Waals surface area contributed by atoms with Crippen molar-refractivity contribution in [3.8, 4) is 0 Å².